The lowest BCUT2D eigenvalue weighted by molar-refractivity contribution is 0.415. The molecule has 30 heavy (non-hydrogen) atoms. The number of aromatic nitrogens is 4. The van der Waals surface area contributed by atoms with Crippen molar-refractivity contribution >= 4 is 49.5 Å². The molecule has 4 rings (SSSR count). The van der Waals surface area contributed by atoms with Crippen molar-refractivity contribution in [3.63, 3.8) is 0 Å². The van der Waals surface area contributed by atoms with Crippen LogP contribution in [-0.2, 0) is 6.54 Å². The van der Waals surface area contributed by atoms with E-state index in [2.05, 4.69) is 41.5 Å². The van der Waals surface area contributed by atoms with Crippen LogP contribution < -0.4 is 15.7 Å². The molecule has 0 amide bonds. The minimum absolute atomic E-state index is 0.166. The van der Waals surface area contributed by atoms with Crippen LogP contribution >= 0.6 is 27.3 Å². The molecule has 2 aromatic carbocycles. The summed E-state index contributed by atoms with van der Waals surface area (Å²) in [4.78, 5) is 21.7. The van der Waals surface area contributed by atoms with E-state index in [-0.39, 0.29) is 5.56 Å². The molecule has 0 saturated carbocycles. The molecule has 2 aromatic heterocycles. The number of methoxy groups -OCH3 is 1. The monoisotopic (exact) mass is 484 g/mol. The van der Waals surface area contributed by atoms with Gasteiger partial charge in [0.25, 0.3) is 5.56 Å². The maximum absolute atomic E-state index is 12.8. The van der Waals surface area contributed by atoms with E-state index in [1.807, 2.05) is 36.4 Å². The molecule has 1 N–H and O–H groups in total. The molecule has 152 valence electrons. The Labute approximate surface area is 184 Å². The summed E-state index contributed by atoms with van der Waals surface area (Å²) in [6.07, 6.45) is 1.72. The third kappa shape index (κ3) is 4.39. The van der Waals surface area contributed by atoms with Gasteiger partial charge < -0.3 is 10.2 Å². The van der Waals surface area contributed by atoms with Crippen LogP contribution in [0.25, 0.3) is 10.9 Å². The first-order chi connectivity index (χ1) is 14.5. The summed E-state index contributed by atoms with van der Waals surface area (Å²) in [5, 5.41) is 9.99. The first-order valence-electron chi connectivity index (χ1n) is 8.97. The average molecular weight is 485 g/mol. The van der Waals surface area contributed by atoms with Crippen LogP contribution in [0.2, 0.25) is 0 Å². The van der Waals surface area contributed by atoms with Gasteiger partial charge in [0.15, 0.2) is 0 Å². The van der Waals surface area contributed by atoms with Crippen molar-refractivity contribution in [3.05, 3.63) is 73.7 Å². The number of hydrogen-bond acceptors (Lipinski definition) is 8. The number of aliphatic imine (C=N–C) groups is 1. The second-order valence-corrected chi connectivity index (χ2v) is 8.26. The van der Waals surface area contributed by atoms with Crippen LogP contribution in [-0.4, -0.2) is 33.2 Å². The van der Waals surface area contributed by atoms with Crippen molar-refractivity contribution in [1.82, 2.24) is 19.9 Å². The maximum atomic E-state index is 12.8. The van der Waals surface area contributed by atoms with Crippen molar-refractivity contribution in [1.29, 1.82) is 0 Å². The fourth-order valence-corrected chi connectivity index (χ4v) is 3.77. The third-order valence-corrected chi connectivity index (χ3v) is 5.61. The third-order valence-electron chi connectivity index (χ3n) is 4.28. The topological polar surface area (TPSA) is 94.3 Å². The Hall–Kier alpha value is -3.11. The second kappa shape index (κ2) is 8.72. The molecule has 10 heteroatoms. The molecule has 0 aliphatic rings. The fraction of sp³-hybridized carbons (Fsp3) is 0.150. The lowest BCUT2D eigenvalue weighted by atomic mass is 10.2. The molecule has 0 radical (unpaired) electrons. The van der Waals surface area contributed by atoms with Crippen molar-refractivity contribution in [2.45, 2.75) is 13.5 Å². The molecule has 0 unspecified atom stereocenters. The standard InChI is InChI=1S/C20H17BrN6O2S/c1-12-24-17-8-5-14(21)9-16(17)19(28)27(12)23-11-18-25-26-20(30-18)22-10-13-3-6-15(29-2)7-4-13/h3-10,23H,11H2,1-2H3/b22-10+. The van der Waals surface area contributed by atoms with Gasteiger partial charge in [-0.05, 0) is 55.0 Å². The summed E-state index contributed by atoms with van der Waals surface area (Å²) >= 11 is 4.74. The minimum atomic E-state index is -0.166. The molecule has 0 saturated heterocycles. The van der Waals surface area contributed by atoms with E-state index in [4.69, 9.17) is 4.74 Å². The molecule has 0 bridgehead atoms. The molecule has 2 heterocycles. The second-order valence-electron chi connectivity index (χ2n) is 6.31. The highest BCUT2D eigenvalue weighted by atomic mass is 79.9. The van der Waals surface area contributed by atoms with Gasteiger partial charge >= 0.3 is 0 Å². The van der Waals surface area contributed by atoms with E-state index >= 15 is 0 Å². The molecular weight excluding hydrogens is 468 g/mol. The van der Waals surface area contributed by atoms with Crippen molar-refractivity contribution in [2.75, 3.05) is 12.5 Å². The molecule has 0 atom stereocenters. The van der Waals surface area contributed by atoms with E-state index in [0.29, 0.717) is 33.4 Å². The summed E-state index contributed by atoms with van der Waals surface area (Å²) in [5.74, 6) is 1.36. The molecular formula is C20H17BrN6O2S. The first kappa shape index (κ1) is 20.2. The highest BCUT2D eigenvalue weighted by molar-refractivity contribution is 9.10. The first-order valence-corrected chi connectivity index (χ1v) is 10.6. The van der Waals surface area contributed by atoms with Crippen molar-refractivity contribution < 1.29 is 4.74 Å². The van der Waals surface area contributed by atoms with Crippen LogP contribution in [0, 0.1) is 6.92 Å². The predicted octanol–water partition coefficient (Wildman–Crippen LogP) is 3.82. The van der Waals surface area contributed by atoms with E-state index < -0.39 is 0 Å². The van der Waals surface area contributed by atoms with Crippen LogP contribution in [0.4, 0.5) is 5.13 Å². The van der Waals surface area contributed by atoms with Gasteiger partial charge in [0.2, 0.25) is 5.13 Å². The van der Waals surface area contributed by atoms with Gasteiger partial charge in [-0.3, -0.25) is 4.79 Å². The number of nitrogens with zero attached hydrogens (tertiary/aromatic N) is 5. The zero-order valence-electron chi connectivity index (χ0n) is 16.2. The molecule has 0 aliphatic heterocycles. The number of fused-ring (bicyclic) bond motifs is 1. The van der Waals surface area contributed by atoms with Gasteiger partial charge in [-0.2, -0.15) is 0 Å². The Balaban J connectivity index is 1.48. The van der Waals surface area contributed by atoms with Gasteiger partial charge in [-0.15, -0.1) is 10.2 Å². The number of benzene rings is 2. The van der Waals surface area contributed by atoms with Crippen LogP contribution in [0.1, 0.15) is 16.4 Å². The molecule has 0 spiro atoms. The Morgan fingerprint density at radius 1 is 1.23 bits per heavy atom. The summed E-state index contributed by atoms with van der Waals surface area (Å²) < 4.78 is 7.40. The van der Waals surface area contributed by atoms with E-state index in [1.165, 1.54) is 16.0 Å². The summed E-state index contributed by atoms with van der Waals surface area (Å²) in [5.41, 5.74) is 4.50. The SMILES string of the molecule is COc1ccc(/C=N/c2nnc(CNn3c(C)nc4ccc(Br)cc4c3=O)s2)cc1. The van der Waals surface area contributed by atoms with Crippen molar-refractivity contribution in [2.24, 2.45) is 4.99 Å². The zero-order valence-corrected chi connectivity index (χ0v) is 18.6. The Morgan fingerprint density at radius 2 is 2.03 bits per heavy atom. The van der Waals surface area contributed by atoms with E-state index in [1.54, 1.807) is 26.3 Å². The molecule has 0 aliphatic carbocycles. The van der Waals surface area contributed by atoms with Crippen molar-refractivity contribution in [3.8, 4) is 5.75 Å². The Bertz CT molecular complexity index is 1280. The highest BCUT2D eigenvalue weighted by Gasteiger charge is 2.10. The van der Waals surface area contributed by atoms with E-state index in [0.717, 1.165) is 15.8 Å². The number of halogens is 1. The Kier molecular flexibility index (Phi) is 5.86. The van der Waals surface area contributed by atoms with Gasteiger partial charge in [-0.25, -0.2) is 14.7 Å². The number of nitrogens with one attached hydrogen (secondary N) is 1. The predicted molar refractivity (Wildman–Crippen MR) is 122 cm³/mol. The van der Waals surface area contributed by atoms with Crippen LogP contribution in [0.5, 0.6) is 5.75 Å². The Morgan fingerprint density at radius 3 is 2.80 bits per heavy atom. The zero-order chi connectivity index (χ0) is 21.1. The average Bonchev–Trinajstić information content (AvgIpc) is 3.21. The largest absolute Gasteiger partial charge is 0.497 e. The minimum Gasteiger partial charge on any atom is -0.497 e. The number of rotatable bonds is 6. The molecule has 8 nitrogen and oxygen atoms in total. The van der Waals surface area contributed by atoms with E-state index in [9.17, 15) is 4.79 Å². The van der Waals surface area contributed by atoms with Gasteiger partial charge in [0.1, 0.15) is 16.6 Å². The lowest BCUT2D eigenvalue weighted by Crippen LogP contribution is -2.31. The van der Waals surface area contributed by atoms with Crippen LogP contribution in [0.3, 0.4) is 0 Å². The number of ether oxygens (including phenoxy) is 1. The quantitative estimate of drug-likeness (QED) is 0.418. The molecule has 4 aromatic rings. The summed E-state index contributed by atoms with van der Waals surface area (Å²) in [6, 6.07) is 13.0. The fourth-order valence-electron chi connectivity index (χ4n) is 2.79. The van der Waals surface area contributed by atoms with Gasteiger partial charge in [0.05, 0.1) is 24.6 Å². The lowest BCUT2D eigenvalue weighted by Gasteiger charge is -2.12. The van der Waals surface area contributed by atoms with Gasteiger partial charge in [0, 0.05) is 10.7 Å². The number of hydrogen-bond donors (Lipinski definition) is 1. The number of aryl methyl sites for hydroxylation is 1. The molecule has 0 fully saturated rings. The van der Waals surface area contributed by atoms with Crippen LogP contribution in [0.15, 0.2) is 56.7 Å². The maximum Gasteiger partial charge on any atom is 0.279 e. The highest BCUT2D eigenvalue weighted by Crippen LogP contribution is 2.19. The summed E-state index contributed by atoms with van der Waals surface area (Å²) in [6.45, 7) is 2.11. The summed E-state index contributed by atoms with van der Waals surface area (Å²) in [7, 11) is 1.63. The van der Waals surface area contributed by atoms with Gasteiger partial charge in [-0.1, -0.05) is 27.3 Å². The normalized spacial score (nSPS) is 11.3. The smallest absolute Gasteiger partial charge is 0.279 e.